The van der Waals surface area contributed by atoms with Crippen LogP contribution >= 0.6 is 15.9 Å². The van der Waals surface area contributed by atoms with E-state index in [2.05, 4.69) is 59.0 Å². The summed E-state index contributed by atoms with van der Waals surface area (Å²) < 4.78 is 2.84. The normalized spacial score (nSPS) is 10.9. The molecule has 0 saturated carbocycles. The maximum Gasteiger partial charge on any atom is 0.181 e. The molecule has 3 heteroatoms. The molecule has 0 spiro atoms. The molecule has 0 aliphatic carbocycles. The molecule has 1 aromatic carbocycles. The Morgan fingerprint density at radius 1 is 1.20 bits per heavy atom. The van der Waals surface area contributed by atoms with Gasteiger partial charge in [0.15, 0.2) is 4.73 Å². The third kappa shape index (κ3) is 2.12. The van der Waals surface area contributed by atoms with E-state index in [1.807, 2.05) is 10.8 Å². The minimum absolute atomic E-state index is 0.574. The fourth-order valence-corrected chi connectivity index (χ4v) is 1.94. The highest BCUT2D eigenvalue weighted by molar-refractivity contribution is 9.10. The molecule has 2 nitrogen and oxygen atoms in total. The van der Waals surface area contributed by atoms with Gasteiger partial charge in [0.25, 0.3) is 0 Å². The van der Waals surface area contributed by atoms with Crippen LogP contribution in [-0.4, -0.2) is 9.55 Å². The Hall–Kier alpha value is -1.09. The van der Waals surface area contributed by atoms with E-state index in [1.165, 1.54) is 5.56 Å². The summed E-state index contributed by atoms with van der Waals surface area (Å²) >= 11 is 3.40. The Morgan fingerprint density at radius 2 is 1.87 bits per heavy atom. The van der Waals surface area contributed by atoms with Crippen LogP contribution in [0.3, 0.4) is 0 Å². The first-order chi connectivity index (χ1) is 7.18. The molecular formula is C12H13BrN2. The minimum atomic E-state index is 0.574. The van der Waals surface area contributed by atoms with Gasteiger partial charge in [-0.2, -0.15) is 0 Å². The molecule has 0 fully saturated rings. The van der Waals surface area contributed by atoms with E-state index in [-0.39, 0.29) is 0 Å². The van der Waals surface area contributed by atoms with Crippen LogP contribution < -0.4 is 0 Å². The minimum Gasteiger partial charge on any atom is -0.294 e. The van der Waals surface area contributed by atoms with Gasteiger partial charge in [-0.25, -0.2) is 4.98 Å². The van der Waals surface area contributed by atoms with Crippen LogP contribution in [0, 0.1) is 0 Å². The standard InChI is InChI=1S/C12H13BrN2/c1-9(2)10-3-5-11(6-4-10)15-8-7-14-12(15)13/h3-9H,1-2H3. The average molecular weight is 265 g/mol. The number of hydrogen-bond donors (Lipinski definition) is 0. The van der Waals surface area contributed by atoms with Crippen molar-refractivity contribution in [3.63, 3.8) is 0 Å². The van der Waals surface area contributed by atoms with E-state index < -0.39 is 0 Å². The second kappa shape index (κ2) is 4.19. The molecule has 0 saturated heterocycles. The van der Waals surface area contributed by atoms with Crippen LogP contribution in [0.4, 0.5) is 0 Å². The van der Waals surface area contributed by atoms with Gasteiger partial charge in [0, 0.05) is 18.1 Å². The van der Waals surface area contributed by atoms with Crippen molar-refractivity contribution in [1.29, 1.82) is 0 Å². The summed E-state index contributed by atoms with van der Waals surface area (Å²) in [6, 6.07) is 8.54. The Labute approximate surface area is 98.1 Å². The van der Waals surface area contributed by atoms with Crippen molar-refractivity contribution < 1.29 is 0 Å². The van der Waals surface area contributed by atoms with Crippen molar-refractivity contribution in [3.8, 4) is 5.69 Å². The summed E-state index contributed by atoms with van der Waals surface area (Å²) in [4.78, 5) is 4.13. The summed E-state index contributed by atoms with van der Waals surface area (Å²) in [6.07, 6.45) is 3.72. The van der Waals surface area contributed by atoms with E-state index in [4.69, 9.17) is 0 Å². The van der Waals surface area contributed by atoms with Gasteiger partial charge in [0.05, 0.1) is 0 Å². The van der Waals surface area contributed by atoms with E-state index >= 15 is 0 Å². The van der Waals surface area contributed by atoms with Gasteiger partial charge >= 0.3 is 0 Å². The van der Waals surface area contributed by atoms with Crippen molar-refractivity contribution >= 4 is 15.9 Å². The fourth-order valence-electron chi connectivity index (χ4n) is 1.50. The zero-order valence-electron chi connectivity index (χ0n) is 8.81. The molecule has 2 rings (SSSR count). The first kappa shape index (κ1) is 10.4. The van der Waals surface area contributed by atoms with Gasteiger partial charge in [-0.15, -0.1) is 0 Å². The smallest absolute Gasteiger partial charge is 0.181 e. The Morgan fingerprint density at radius 3 is 2.33 bits per heavy atom. The zero-order valence-corrected chi connectivity index (χ0v) is 10.4. The number of nitrogens with zero attached hydrogens (tertiary/aromatic N) is 2. The number of rotatable bonds is 2. The number of halogens is 1. The molecule has 0 amide bonds. The lowest BCUT2D eigenvalue weighted by Gasteiger charge is -2.08. The molecule has 2 aromatic rings. The molecule has 1 aromatic heterocycles. The Kier molecular flexibility index (Phi) is 2.91. The molecule has 15 heavy (non-hydrogen) atoms. The summed E-state index contributed by atoms with van der Waals surface area (Å²) in [6.45, 7) is 4.39. The van der Waals surface area contributed by atoms with Crippen LogP contribution in [0.2, 0.25) is 0 Å². The maximum absolute atomic E-state index is 4.13. The molecule has 0 bridgehead atoms. The summed E-state index contributed by atoms with van der Waals surface area (Å²) in [5.74, 6) is 0.574. The van der Waals surface area contributed by atoms with Crippen LogP contribution in [0.15, 0.2) is 41.4 Å². The quantitative estimate of drug-likeness (QED) is 0.808. The van der Waals surface area contributed by atoms with Crippen LogP contribution in [0.1, 0.15) is 25.3 Å². The monoisotopic (exact) mass is 264 g/mol. The Bertz CT molecular complexity index is 443. The predicted octanol–water partition coefficient (Wildman–Crippen LogP) is 3.76. The van der Waals surface area contributed by atoms with E-state index in [9.17, 15) is 0 Å². The fraction of sp³-hybridized carbons (Fsp3) is 0.250. The lowest BCUT2D eigenvalue weighted by Crippen LogP contribution is -1.94. The first-order valence-corrected chi connectivity index (χ1v) is 5.77. The molecule has 0 unspecified atom stereocenters. The highest BCUT2D eigenvalue weighted by Crippen LogP contribution is 2.19. The van der Waals surface area contributed by atoms with Gasteiger partial charge < -0.3 is 0 Å². The number of imidazole rings is 1. The summed E-state index contributed by atoms with van der Waals surface area (Å²) in [7, 11) is 0. The summed E-state index contributed by atoms with van der Waals surface area (Å²) in [5.41, 5.74) is 2.48. The molecule has 0 aliphatic heterocycles. The van der Waals surface area contributed by atoms with Crippen molar-refractivity contribution in [2.75, 3.05) is 0 Å². The van der Waals surface area contributed by atoms with Crippen molar-refractivity contribution in [1.82, 2.24) is 9.55 Å². The van der Waals surface area contributed by atoms with Crippen molar-refractivity contribution in [3.05, 3.63) is 47.0 Å². The molecule has 0 N–H and O–H groups in total. The SMILES string of the molecule is CC(C)c1ccc(-n2ccnc2Br)cc1. The van der Waals surface area contributed by atoms with Crippen LogP contribution in [-0.2, 0) is 0 Å². The molecule has 1 heterocycles. The second-order valence-electron chi connectivity index (χ2n) is 3.81. The number of aromatic nitrogens is 2. The highest BCUT2D eigenvalue weighted by Gasteiger charge is 2.02. The predicted molar refractivity (Wildman–Crippen MR) is 65.4 cm³/mol. The van der Waals surface area contributed by atoms with Gasteiger partial charge in [-0.1, -0.05) is 26.0 Å². The first-order valence-electron chi connectivity index (χ1n) is 4.97. The Balaban J connectivity index is 2.36. The van der Waals surface area contributed by atoms with Crippen LogP contribution in [0.5, 0.6) is 0 Å². The molecular weight excluding hydrogens is 252 g/mol. The van der Waals surface area contributed by atoms with Gasteiger partial charge in [0.2, 0.25) is 0 Å². The van der Waals surface area contributed by atoms with E-state index in [0.717, 1.165) is 10.4 Å². The van der Waals surface area contributed by atoms with Crippen molar-refractivity contribution in [2.24, 2.45) is 0 Å². The van der Waals surface area contributed by atoms with Gasteiger partial charge in [-0.3, -0.25) is 4.57 Å². The van der Waals surface area contributed by atoms with Gasteiger partial charge in [-0.05, 0) is 39.5 Å². The lowest BCUT2D eigenvalue weighted by atomic mass is 10.0. The third-order valence-corrected chi connectivity index (χ3v) is 3.02. The molecule has 0 radical (unpaired) electrons. The number of hydrogen-bond acceptors (Lipinski definition) is 1. The zero-order chi connectivity index (χ0) is 10.8. The molecule has 0 atom stereocenters. The van der Waals surface area contributed by atoms with Gasteiger partial charge in [0.1, 0.15) is 0 Å². The van der Waals surface area contributed by atoms with Crippen LogP contribution in [0.25, 0.3) is 5.69 Å². The second-order valence-corrected chi connectivity index (χ2v) is 4.52. The van der Waals surface area contributed by atoms with E-state index in [1.54, 1.807) is 6.20 Å². The number of benzene rings is 1. The summed E-state index contributed by atoms with van der Waals surface area (Å²) in [5, 5.41) is 0. The largest absolute Gasteiger partial charge is 0.294 e. The third-order valence-electron chi connectivity index (χ3n) is 2.43. The van der Waals surface area contributed by atoms with E-state index in [0.29, 0.717) is 5.92 Å². The average Bonchev–Trinajstić information content (AvgIpc) is 2.65. The molecule has 0 aliphatic rings. The highest BCUT2D eigenvalue weighted by atomic mass is 79.9. The maximum atomic E-state index is 4.13. The molecule has 78 valence electrons. The topological polar surface area (TPSA) is 17.8 Å². The van der Waals surface area contributed by atoms with Crippen molar-refractivity contribution in [2.45, 2.75) is 19.8 Å². The lowest BCUT2D eigenvalue weighted by molar-refractivity contribution is 0.864.